The second-order valence-electron chi connectivity index (χ2n) is 5.15. The van der Waals surface area contributed by atoms with Crippen molar-refractivity contribution in [3.63, 3.8) is 0 Å². The summed E-state index contributed by atoms with van der Waals surface area (Å²) in [7, 11) is 0. The van der Waals surface area contributed by atoms with Gasteiger partial charge in [0.1, 0.15) is 5.69 Å². The van der Waals surface area contributed by atoms with Gasteiger partial charge in [0.05, 0.1) is 12.0 Å². The Morgan fingerprint density at radius 3 is 2.76 bits per heavy atom. The van der Waals surface area contributed by atoms with Crippen molar-refractivity contribution in [2.24, 2.45) is 0 Å². The number of hydrogen-bond donors (Lipinski definition) is 1. The molecular formula is C17H13N5O2S. The number of aromatic nitrogens is 4. The van der Waals surface area contributed by atoms with Gasteiger partial charge in [0.25, 0.3) is 0 Å². The molecule has 0 unspecified atom stereocenters. The van der Waals surface area contributed by atoms with Gasteiger partial charge in [-0.1, -0.05) is 30.0 Å². The first-order valence-corrected chi connectivity index (χ1v) is 8.52. The molecule has 0 aliphatic heterocycles. The van der Waals surface area contributed by atoms with Crippen LogP contribution in [-0.2, 0) is 4.79 Å². The maximum atomic E-state index is 12.1. The summed E-state index contributed by atoms with van der Waals surface area (Å²) >= 11 is 1.27. The van der Waals surface area contributed by atoms with Gasteiger partial charge in [-0.2, -0.15) is 9.61 Å². The second kappa shape index (κ2) is 6.78. The summed E-state index contributed by atoms with van der Waals surface area (Å²) in [6, 6.07) is 16.6. The summed E-state index contributed by atoms with van der Waals surface area (Å²) in [6.45, 7) is 0. The number of fused-ring (bicyclic) bond motifs is 1. The number of nitrogens with one attached hydrogen (secondary N) is 1. The number of hydrogen-bond acceptors (Lipinski definition) is 6. The molecule has 0 aliphatic carbocycles. The highest BCUT2D eigenvalue weighted by Gasteiger charge is 2.12. The number of para-hydroxylation sites is 1. The van der Waals surface area contributed by atoms with Crippen LogP contribution in [0.25, 0.3) is 17.1 Å². The molecule has 0 atom stereocenters. The molecule has 4 rings (SSSR count). The Morgan fingerprint density at radius 1 is 1.08 bits per heavy atom. The molecule has 1 amide bonds. The number of rotatable bonds is 5. The van der Waals surface area contributed by atoms with Crippen molar-refractivity contribution >= 4 is 29.0 Å². The Bertz CT molecular complexity index is 999. The molecule has 0 aliphatic rings. The lowest BCUT2D eigenvalue weighted by Gasteiger charge is -2.04. The molecule has 1 N–H and O–H groups in total. The minimum absolute atomic E-state index is 0.116. The number of benzene rings is 1. The van der Waals surface area contributed by atoms with Crippen molar-refractivity contribution in [1.29, 1.82) is 0 Å². The van der Waals surface area contributed by atoms with E-state index in [9.17, 15) is 4.79 Å². The van der Waals surface area contributed by atoms with E-state index in [1.165, 1.54) is 11.8 Å². The van der Waals surface area contributed by atoms with Gasteiger partial charge in [-0.25, -0.2) is 0 Å². The third-order valence-electron chi connectivity index (χ3n) is 3.40. The molecule has 3 aromatic heterocycles. The molecule has 1 aromatic carbocycles. The summed E-state index contributed by atoms with van der Waals surface area (Å²) < 4.78 is 6.97. The van der Waals surface area contributed by atoms with Crippen molar-refractivity contribution in [3.8, 4) is 11.5 Å². The Balaban J connectivity index is 1.49. The highest BCUT2D eigenvalue weighted by molar-refractivity contribution is 7.99. The maximum absolute atomic E-state index is 12.1. The van der Waals surface area contributed by atoms with E-state index in [2.05, 4.69) is 20.6 Å². The predicted molar refractivity (Wildman–Crippen MR) is 94.3 cm³/mol. The molecule has 0 spiro atoms. The van der Waals surface area contributed by atoms with Gasteiger partial charge in [-0.15, -0.1) is 10.2 Å². The van der Waals surface area contributed by atoms with Crippen LogP contribution in [0.1, 0.15) is 0 Å². The van der Waals surface area contributed by atoms with Crippen LogP contribution in [0.2, 0.25) is 0 Å². The molecule has 0 saturated heterocycles. The number of furan rings is 1. The first-order chi connectivity index (χ1) is 12.3. The summed E-state index contributed by atoms with van der Waals surface area (Å²) in [4.78, 5) is 12.1. The van der Waals surface area contributed by atoms with Crippen LogP contribution in [0.3, 0.4) is 0 Å². The number of amides is 1. The third-order valence-corrected chi connectivity index (χ3v) is 4.32. The summed E-state index contributed by atoms with van der Waals surface area (Å²) in [6.07, 6.45) is 1.59. The van der Waals surface area contributed by atoms with E-state index in [0.29, 0.717) is 22.3 Å². The molecular weight excluding hydrogens is 338 g/mol. The molecule has 8 heteroatoms. The average molecular weight is 351 g/mol. The Morgan fingerprint density at radius 2 is 1.96 bits per heavy atom. The maximum Gasteiger partial charge on any atom is 0.234 e. The van der Waals surface area contributed by atoms with Crippen molar-refractivity contribution in [2.75, 3.05) is 11.1 Å². The Hall–Kier alpha value is -3.13. The number of carbonyl (C=O) groups is 1. The molecule has 0 radical (unpaired) electrons. The lowest BCUT2D eigenvalue weighted by molar-refractivity contribution is -0.113. The summed E-state index contributed by atoms with van der Waals surface area (Å²) in [5.41, 5.74) is 2.05. The molecule has 0 saturated carbocycles. The smallest absolute Gasteiger partial charge is 0.234 e. The highest BCUT2D eigenvalue weighted by atomic mass is 32.2. The van der Waals surface area contributed by atoms with E-state index in [1.54, 1.807) is 16.8 Å². The van der Waals surface area contributed by atoms with Crippen LogP contribution in [0.5, 0.6) is 0 Å². The fourth-order valence-corrected chi connectivity index (χ4v) is 2.95. The predicted octanol–water partition coefficient (Wildman–Crippen LogP) is 3.12. The minimum atomic E-state index is -0.116. The van der Waals surface area contributed by atoms with E-state index >= 15 is 0 Å². The van der Waals surface area contributed by atoms with Crippen LogP contribution < -0.4 is 5.32 Å². The van der Waals surface area contributed by atoms with Gasteiger partial charge in [0.15, 0.2) is 11.4 Å². The first kappa shape index (κ1) is 15.4. The van der Waals surface area contributed by atoms with Crippen LogP contribution >= 0.6 is 11.8 Å². The standard InChI is InChI=1S/C17H13N5O2S/c23-16(18-12-5-2-1-3-6-12)11-25-17-20-19-15-9-8-13(21-22(15)17)14-7-4-10-24-14/h1-10H,11H2,(H,18,23). The van der Waals surface area contributed by atoms with E-state index in [1.807, 2.05) is 48.5 Å². The monoisotopic (exact) mass is 351 g/mol. The molecule has 7 nitrogen and oxygen atoms in total. The van der Waals surface area contributed by atoms with Gasteiger partial charge in [-0.05, 0) is 36.4 Å². The van der Waals surface area contributed by atoms with E-state index in [-0.39, 0.29) is 11.7 Å². The molecule has 25 heavy (non-hydrogen) atoms. The Labute approximate surface area is 147 Å². The zero-order valence-corrected chi connectivity index (χ0v) is 13.8. The van der Waals surface area contributed by atoms with Crippen LogP contribution in [0.15, 0.2) is 70.4 Å². The van der Waals surface area contributed by atoms with E-state index in [4.69, 9.17) is 4.42 Å². The zero-order valence-electron chi connectivity index (χ0n) is 13.0. The van der Waals surface area contributed by atoms with Crippen molar-refractivity contribution in [3.05, 3.63) is 60.9 Å². The van der Waals surface area contributed by atoms with Crippen LogP contribution in [-0.4, -0.2) is 31.5 Å². The molecule has 124 valence electrons. The zero-order chi connectivity index (χ0) is 17.1. The molecule has 0 fully saturated rings. The number of thioether (sulfide) groups is 1. The third kappa shape index (κ3) is 3.38. The highest BCUT2D eigenvalue weighted by Crippen LogP contribution is 2.21. The van der Waals surface area contributed by atoms with E-state index < -0.39 is 0 Å². The quantitative estimate of drug-likeness (QED) is 0.556. The van der Waals surface area contributed by atoms with Crippen molar-refractivity contribution in [1.82, 2.24) is 19.8 Å². The van der Waals surface area contributed by atoms with Gasteiger partial charge in [0.2, 0.25) is 11.1 Å². The molecule has 4 aromatic rings. The average Bonchev–Trinajstić information content (AvgIpc) is 3.30. The first-order valence-electron chi connectivity index (χ1n) is 7.54. The molecule has 0 bridgehead atoms. The number of carbonyl (C=O) groups excluding carboxylic acids is 1. The van der Waals surface area contributed by atoms with Gasteiger partial charge < -0.3 is 9.73 Å². The minimum Gasteiger partial charge on any atom is -0.463 e. The SMILES string of the molecule is O=C(CSc1nnc2ccc(-c3ccco3)nn12)Nc1ccccc1. The second-order valence-corrected chi connectivity index (χ2v) is 6.09. The molecule has 3 heterocycles. The lowest BCUT2D eigenvalue weighted by Crippen LogP contribution is -2.14. The summed E-state index contributed by atoms with van der Waals surface area (Å²) in [5.74, 6) is 0.756. The Kier molecular flexibility index (Phi) is 4.17. The van der Waals surface area contributed by atoms with Gasteiger partial charge in [-0.3, -0.25) is 4.79 Å². The van der Waals surface area contributed by atoms with Crippen LogP contribution in [0, 0.1) is 0 Å². The van der Waals surface area contributed by atoms with Crippen LogP contribution in [0.4, 0.5) is 5.69 Å². The number of anilines is 1. The van der Waals surface area contributed by atoms with Crippen molar-refractivity contribution < 1.29 is 9.21 Å². The van der Waals surface area contributed by atoms with Crippen molar-refractivity contribution in [2.45, 2.75) is 5.16 Å². The van der Waals surface area contributed by atoms with Gasteiger partial charge in [0, 0.05) is 5.69 Å². The summed E-state index contributed by atoms with van der Waals surface area (Å²) in [5, 5.41) is 16.0. The van der Waals surface area contributed by atoms with Gasteiger partial charge >= 0.3 is 0 Å². The fraction of sp³-hybridized carbons (Fsp3) is 0.0588. The number of nitrogens with zero attached hydrogens (tertiary/aromatic N) is 4. The largest absolute Gasteiger partial charge is 0.463 e. The van der Waals surface area contributed by atoms with E-state index in [0.717, 1.165) is 5.69 Å². The topological polar surface area (TPSA) is 85.3 Å². The lowest BCUT2D eigenvalue weighted by atomic mass is 10.3. The fourth-order valence-electron chi connectivity index (χ4n) is 2.26. The normalized spacial score (nSPS) is 10.9.